The molecule has 1 heterocycles. The summed E-state index contributed by atoms with van der Waals surface area (Å²) in [6.07, 6.45) is 3.10. The summed E-state index contributed by atoms with van der Waals surface area (Å²) in [5.74, 6) is -0.312. The molecule has 0 saturated heterocycles. The van der Waals surface area contributed by atoms with Crippen LogP contribution in [0.1, 0.15) is 23.7 Å². The second-order valence-electron chi connectivity index (χ2n) is 6.28. The molecule has 1 N–H and O–H groups in total. The van der Waals surface area contributed by atoms with E-state index in [-0.39, 0.29) is 11.8 Å². The third-order valence-corrected chi connectivity index (χ3v) is 4.87. The van der Waals surface area contributed by atoms with Crippen LogP contribution in [0.2, 0.25) is 0 Å². The van der Waals surface area contributed by atoms with E-state index in [9.17, 15) is 9.59 Å². The minimum Gasteiger partial charge on any atom is -0.348 e. The highest BCUT2D eigenvalue weighted by molar-refractivity contribution is 7.14. The number of rotatable bonds is 6. The van der Waals surface area contributed by atoms with Crippen molar-refractivity contribution in [3.8, 4) is 0 Å². The number of aryl methyl sites for hydroxylation is 1. The van der Waals surface area contributed by atoms with Crippen LogP contribution >= 0.6 is 11.3 Å². The smallest absolute Gasteiger partial charge is 0.244 e. The summed E-state index contributed by atoms with van der Waals surface area (Å²) >= 11 is 1.36. The molecule has 0 atom stereocenters. The summed E-state index contributed by atoms with van der Waals surface area (Å²) in [6, 6.07) is 17.4. The summed E-state index contributed by atoms with van der Waals surface area (Å²) in [4.78, 5) is 30.1. The first-order valence-electron chi connectivity index (χ1n) is 8.85. The lowest BCUT2D eigenvalue weighted by atomic mass is 10.1. The van der Waals surface area contributed by atoms with Crippen molar-refractivity contribution in [2.45, 2.75) is 20.4 Å². The quantitative estimate of drug-likeness (QED) is 0.631. The molecule has 3 rings (SSSR count). The maximum Gasteiger partial charge on any atom is 0.244 e. The van der Waals surface area contributed by atoms with E-state index in [1.807, 2.05) is 66.9 Å². The number of hydrogen-bond donors (Lipinski definition) is 1. The molecule has 2 aromatic carbocycles. The standard InChI is InChI=1S/C22H21N3O2S/c1-16-8-10-18(11-9-16)14-23-21(27)13-12-19-15-28-22(24-19)25(17(2)26)20-6-4-3-5-7-20/h3-13,15H,14H2,1-2H3,(H,23,27). The summed E-state index contributed by atoms with van der Waals surface area (Å²) in [5.41, 5.74) is 3.62. The van der Waals surface area contributed by atoms with Crippen molar-refractivity contribution >= 4 is 40.0 Å². The number of carbonyl (C=O) groups is 2. The van der Waals surface area contributed by atoms with E-state index in [0.29, 0.717) is 17.4 Å². The Balaban J connectivity index is 1.63. The second kappa shape index (κ2) is 9.10. The summed E-state index contributed by atoms with van der Waals surface area (Å²) in [5, 5.41) is 5.23. The molecule has 6 heteroatoms. The van der Waals surface area contributed by atoms with Crippen molar-refractivity contribution in [3.63, 3.8) is 0 Å². The molecule has 3 aromatic rings. The molecule has 0 aliphatic heterocycles. The largest absolute Gasteiger partial charge is 0.348 e. The van der Waals surface area contributed by atoms with E-state index in [1.165, 1.54) is 29.9 Å². The molecule has 0 aliphatic rings. The Bertz CT molecular complexity index is 979. The van der Waals surface area contributed by atoms with E-state index in [0.717, 1.165) is 11.3 Å². The SMILES string of the molecule is CC(=O)N(c1ccccc1)c1nc(C=CC(=O)NCc2ccc(C)cc2)cs1. The molecule has 0 fully saturated rings. The van der Waals surface area contributed by atoms with Gasteiger partial charge in [0.05, 0.1) is 11.4 Å². The van der Waals surface area contributed by atoms with Crippen molar-refractivity contribution in [3.05, 3.63) is 82.9 Å². The molecule has 0 bridgehead atoms. The van der Waals surface area contributed by atoms with Crippen LogP contribution in [0.25, 0.3) is 6.08 Å². The first-order valence-corrected chi connectivity index (χ1v) is 9.73. The van der Waals surface area contributed by atoms with Crippen LogP contribution in [-0.2, 0) is 16.1 Å². The molecule has 28 heavy (non-hydrogen) atoms. The Hall–Kier alpha value is -3.25. The van der Waals surface area contributed by atoms with Crippen LogP contribution in [-0.4, -0.2) is 16.8 Å². The first-order chi connectivity index (χ1) is 13.5. The van der Waals surface area contributed by atoms with E-state index in [4.69, 9.17) is 0 Å². The van der Waals surface area contributed by atoms with Crippen molar-refractivity contribution in [1.29, 1.82) is 0 Å². The van der Waals surface area contributed by atoms with E-state index < -0.39 is 0 Å². The lowest BCUT2D eigenvalue weighted by molar-refractivity contribution is -0.117. The van der Waals surface area contributed by atoms with Gasteiger partial charge in [-0.1, -0.05) is 48.0 Å². The van der Waals surface area contributed by atoms with Crippen LogP contribution in [0.5, 0.6) is 0 Å². The number of nitrogens with one attached hydrogen (secondary N) is 1. The molecule has 1 aromatic heterocycles. The van der Waals surface area contributed by atoms with E-state index >= 15 is 0 Å². The molecule has 0 saturated carbocycles. The third kappa shape index (κ3) is 5.14. The van der Waals surface area contributed by atoms with Crippen molar-refractivity contribution < 1.29 is 9.59 Å². The van der Waals surface area contributed by atoms with Gasteiger partial charge in [-0.2, -0.15) is 0 Å². The average Bonchev–Trinajstić information content (AvgIpc) is 3.15. The van der Waals surface area contributed by atoms with Gasteiger partial charge in [0.2, 0.25) is 11.8 Å². The van der Waals surface area contributed by atoms with Gasteiger partial charge < -0.3 is 5.32 Å². The highest BCUT2D eigenvalue weighted by atomic mass is 32.1. The van der Waals surface area contributed by atoms with Gasteiger partial charge in [0.25, 0.3) is 0 Å². The number of aromatic nitrogens is 1. The predicted molar refractivity (Wildman–Crippen MR) is 113 cm³/mol. The lowest BCUT2D eigenvalue weighted by Gasteiger charge is -2.17. The average molecular weight is 391 g/mol. The van der Waals surface area contributed by atoms with Crippen molar-refractivity contribution in [1.82, 2.24) is 10.3 Å². The summed E-state index contributed by atoms with van der Waals surface area (Å²) in [7, 11) is 0. The highest BCUT2D eigenvalue weighted by Crippen LogP contribution is 2.28. The fourth-order valence-electron chi connectivity index (χ4n) is 2.57. The van der Waals surface area contributed by atoms with Gasteiger partial charge in [0.1, 0.15) is 0 Å². The molecule has 5 nitrogen and oxygen atoms in total. The predicted octanol–water partition coefficient (Wildman–Crippen LogP) is 4.47. The molecule has 0 unspecified atom stereocenters. The Kier molecular flexibility index (Phi) is 6.34. The fraction of sp³-hybridized carbons (Fsp3) is 0.136. The van der Waals surface area contributed by atoms with Gasteiger partial charge in [-0.15, -0.1) is 11.3 Å². The summed E-state index contributed by atoms with van der Waals surface area (Å²) < 4.78 is 0. The lowest BCUT2D eigenvalue weighted by Crippen LogP contribution is -2.22. The van der Waals surface area contributed by atoms with Crippen molar-refractivity contribution in [2.75, 3.05) is 4.90 Å². The van der Waals surface area contributed by atoms with Crippen LogP contribution in [0.4, 0.5) is 10.8 Å². The molecule has 2 amide bonds. The third-order valence-electron chi connectivity index (χ3n) is 4.02. The maximum absolute atomic E-state index is 12.1. The molecular weight excluding hydrogens is 370 g/mol. The van der Waals surface area contributed by atoms with Gasteiger partial charge in [-0.05, 0) is 30.7 Å². The topological polar surface area (TPSA) is 62.3 Å². The number of carbonyl (C=O) groups excluding carboxylic acids is 2. The number of thiazole rings is 1. The van der Waals surface area contributed by atoms with Crippen molar-refractivity contribution in [2.24, 2.45) is 0 Å². The molecule has 0 aliphatic carbocycles. The van der Waals surface area contributed by atoms with Gasteiger partial charge in [0, 0.05) is 24.9 Å². The fourth-order valence-corrected chi connectivity index (χ4v) is 3.43. The van der Waals surface area contributed by atoms with Gasteiger partial charge in [-0.25, -0.2) is 4.98 Å². The van der Waals surface area contributed by atoms with Crippen LogP contribution < -0.4 is 10.2 Å². The Morgan fingerprint density at radius 3 is 2.50 bits per heavy atom. The highest BCUT2D eigenvalue weighted by Gasteiger charge is 2.17. The van der Waals surface area contributed by atoms with Crippen LogP contribution in [0.15, 0.2) is 66.1 Å². The summed E-state index contributed by atoms with van der Waals surface area (Å²) in [6.45, 7) is 4.00. The van der Waals surface area contributed by atoms with Gasteiger partial charge in [0.15, 0.2) is 5.13 Å². The monoisotopic (exact) mass is 391 g/mol. The number of para-hydroxylation sites is 1. The number of amides is 2. The zero-order valence-electron chi connectivity index (χ0n) is 15.8. The van der Waals surface area contributed by atoms with E-state index in [2.05, 4.69) is 10.3 Å². The molecule has 0 radical (unpaired) electrons. The molecular formula is C22H21N3O2S. The molecule has 142 valence electrons. The molecule has 0 spiro atoms. The first kappa shape index (κ1) is 19.5. The van der Waals surface area contributed by atoms with Gasteiger partial charge in [-0.3, -0.25) is 14.5 Å². The number of nitrogens with zero attached hydrogens (tertiary/aromatic N) is 2. The van der Waals surface area contributed by atoms with E-state index in [1.54, 1.807) is 11.0 Å². The number of anilines is 2. The number of hydrogen-bond acceptors (Lipinski definition) is 4. The van der Waals surface area contributed by atoms with Crippen LogP contribution in [0, 0.1) is 6.92 Å². The Labute approximate surface area is 168 Å². The Morgan fingerprint density at radius 2 is 1.82 bits per heavy atom. The van der Waals surface area contributed by atoms with Gasteiger partial charge >= 0.3 is 0 Å². The minimum absolute atomic E-state index is 0.119. The number of benzene rings is 2. The normalized spacial score (nSPS) is 10.8. The zero-order valence-corrected chi connectivity index (χ0v) is 16.6. The van der Waals surface area contributed by atoms with Crippen LogP contribution in [0.3, 0.4) is 0 Å². The Morgan fingerprint density at radius 1 is 1.11 bits per heavy atom. The zero-order chi connectivity index (χ0) is 19.9. The second-order valence-corrected chi connectivity index (χ2v) is 7.12. The minimum atomic E-state index is -0.193. The maximum atomic E-state index is 12.1.